The van der Waals surface area contributed by atoms with E-state index in [0.717, 1.165) is 6.20 Å². The van der Waals surface area contributed by atoms with Gasteiger partial charge in [-0.05, 0) is 6.07 Å². The van der Waals surface area contributed by atoms with Crippen molar-refractivity contribution in [1.82, 2.24) is 14.8 Å². The molecular formula is C15H17ClF3N3O3. The monoisotopic (exact) mass is 379 g/mol. The molecule has 0 bridgehead atoms. The summed E-state index contributed by atoms with van der Waals surface area (Å²) < 4.78 is 41.0. The summed E-state index contributed by atoms with van der Waals surface area (Å²) in [5.41, 5.74) is 0.152. The highest BCUT2D eigenvalue weighted by atomic mass is 35.5. The molecule has 2 amide bonds. The van der Waals surface area contributed by atoms with Crippen molar-refractivity contribution in [1.29, 1.82) is 0 Å². The van der Waals surface area contributed by atoms with E-state index in [1.807, 2.05) is 0 Å². The van der Waals surface area contributed by atoms with Gasteiger partial charge >= 0.3 is 6.18 Å². The van der Waals surface area contributed by atoms with Crippen molar-refractivity contribution < 1.29 is 27.5 Å². The lowest BCUT2D eigenvalue weighted by atomic mass is 10.2. The topological polar surface area (TPSA) is 62.7 Å². The molecule has 0 saturated carbocycles. The molecule has 1 aromatic heterocycles. The molecule has 0 radical (unpaired) electrons. The number of piperazine rings is 1. The zero-order valence-electron chi connectivity index (χ0n) is 13.5. The van der Waals surface area contributed by atoms with Gasteiger partial charge in [-0.15, -0.1) is 0 Å². The zero-order valence-corrected chi connectivity index (χ0v) is 14.2. The number of ether oxygens (including phenoxy) is 1. The molecule has 25 heavy (non-hydrogen) atoms. The highest BCUT2D eigenvalue weighted by molar-refractivity contribution is 6.32. The Kier molecular flexibility index (Phi) is 6.10. The molecule has 0 spiro atoms. The second-order valence-corrected chi connectivity index (χ2v) is 5.85. The fourth-order valence-electron chi connectivity index (χ4n) is 2.36. The Morgan fingerprint density at radius 3 is 2.36 bits per heavy atom. The van der Waals surface area contributed by atoms with E-state index in [1.165, 1.54) is 6.07 Å². The van der Waals surface area contributed by atoms with Crippen molar-refractivity contribution in [2.24, 2.45) is 0 Å². The van der Waals surface area contributed by atoms with Crippen molar-refractivity contribution in [3.63, 3.8) is 0 Å². The molecule has 0 aromatic carbocycles. The van der Waals surface area contributed by atoms with Gasteiger partial charge in [0.2, 0.25) is 11.8 Å². The molecule has 6 nitrogen and oxygen atoms in total. The van der Waals surface area contributed by atoms with Gasteiger partial charge in [-0.1, -0.05) is 18.5 Å². The summed E-state index contributed by atoms with van der Waals surface area (Å²) in [6.45, 7) is 1.87. The van der Waals surface area contributed by atoms with Crippen LogP contribution in [0.1, 0.15) is 23.7 Å². The van der Waals surface area contributed by atoms with Gasteiger partial charge < -0.3 is 14.5 Å². The van der Waals surface area contributed by atoms with Gasteiger partial charge in [-0.3, -0.25) is 9.59 Å². The van der Waals surface area contributed by atoms with Gasteiger partial charge in [-0.25, -0.2) is 4.98 Å². The maximum Gasteiger partial charge on any atom is 0.422 e. The fraction of sp³-hybridized carbons (Fsp3) is 0.533. The van der Waals surface area contributed by atoms with Crippen LogP contribution in [0.25, 0.3) is 0 Å². The predicted molar refractivity (Wildman–Crippen MR) is 83.6 cm³/mol. The summed E-state index contributed by atoms with van der Waals surface area (Å²) in [7, 11) is 0. The molecule has 1 fully saturated rings. The molecule has 138 valence electrons. The number of hydrogen-bond acceptors (Lipinski definition) is 4. The highest BCUT2D eigenvalue weighted by Crippen LogP contribution is 2.25. The predicted octanol–water partition coefficient (Wildman–Crippen LogP) is 2.37. The standard InChI is InChI=1S/C15H17ClF3N3O3/c1-2-12(23)21-3-5-22(6-4-21)14(24)10-7-11(16)13(20-8-10)25-9-15(17,18)19/h7-8H,2-6,9H2,1H3. The Labute approximate surface area is 147 Å². The van der Waals surface area contributed by atoms with Crippen LogP contribution in [0.4, 0.5) is 13.2 Å². The summed E-state index contributed by atoms with van der Waals surface area (Å²) in [6.07, 6.45) is -2.97. The van der Waals surface area contributed by atoms with Gasteiger partial charge in [-0.2, -0.15) is 13.2 Å². The quantitative estimate of drug-likeness (QED) is 0.805. The van der Waals surface area contributed by atoms with E-state index in [2.05, 4.69) is 9.72 Å². The van der Waals surface area contributed by atoms with Gasteiger partial charge in [0.15, 0.2) is 6.61 Å². The molecule has 1 aromatic rings. The van der Waals surface area contributed by atoms with Crippen molar-refractivity contribution in [3.05, 3.63) is 22.8 Å². The van der Waals surface area contributed by atoms with Gasteiger partial charge in [0.1, 0.15) is 5.02 Å². The van der Waals surface area contributed by atoms with Crippen LogP contribution in [-0.4, -0.2) is 65.6 Å². The molecule has 0 aliphatic carbocycles. The third kappa shape index (κ3) is 5.22. The molecule has 0 N–H and O–H groups in total. The first-order valence-corrected chi connectivity index (χ1v) is 8.01. The van der Waals surface area contributed by atoms with E-state index in [-0.39, 0.29) is 28.3 Å². The molecule has 0 unspecified atom stereocenters. The summed E-state index contributed by atoms with van der Waals surface area (Å²) in [4.78, 5) is 31.0. The number of carbonyl (C=O) groups is 2. The summed E-state index contributed by atoms with van der Waals surface area (Å²) in [6, 6.07) is 1.23. The van der Waals surface area contributed by atoms with Crippen LogP contribution < -0.4 is 4.74 Å². The van der Waals surface area contributed by atoms with Crippen molar-refractivity contribution in [2.75, 3.05) is 32.8 Å². The smallest absolute Gasteiger partial charge is 0.422 e. The Bertz CT molecular complexity index is 647. The minimum Gasteiger partial charge on any atom is -0.467 e. The third-order valence-electron chi connectivity index (χ3n) is 3.65. The first kappa shape index (κ1) is 19.3. The lowest BCUT2D eigenvalue weighted by Gasteiger charge is -2.34. The largest absolute Gasteiger partial charge is 0.467 e. The number of amides is 2. The van der Waals surface area contributed by atoms with Crippen LogP contribution in [0.5, 0.6) is 5.88 Å². The molecule has 0 atom stereocenters. The number of carbonyl (C=O) groups excluding carboxylic acids is 2. The van der Waals surface area contributed by atoms with Crippen LogP contribution in [0.2, 0.25) is 5.02 Å². The normalized spacial score (nSPS) is 15.2. The Morgan fingerprint density at radius 1 is 1.24 bits per heavy atom. The second kappa shape index (κ2) is 7.90. The lowest BCUT2D eigenvalue weighted by molar-refractivity contribution is -0.154. The first-order valence-electron chi connectivity index (χ1n) is 7.63. The molecule has 1 aliphatic rings. The molecule has 1 aliphatic heterocycles. The van der Waals surface area contributed by atoms with E-state index in [1.54, 1.807) is 16.7 Å². The van der Waals surface area contributed by atoms with Gasteiger partial charge in [0, 0.05) is 38.8 Å². The SMILES string of the molecule is CCC(=O)N1CCN(C(=O)c2cnc(OCC(F)(F)F)c(Cl)c2)CC1. The number of aromatic nitrogens is 1. The Hall–Kier alpha value is -2.03. The summed E-state index contributed by atoms with van der Waals surface area (Å²) in [5.74, 6) is -0.697. The molecule has 10 heteroatoms. The maximum atomic E-state index is 12.4. The van der Waals surface area contributed by atoms with E-state index < -0.39 is 12.8 Å². The summed E-state index contributed by atoms with van der Waals surface area (Å²) in [5, 5.41) is -0.171. The first-order chi connectivity index (χ1) is 11.7. The van der Waals surface area contributed by atoms with E-state index in [0.29, 0.717) is 32.6 Å². The average molecular weight is 380 g/mol. The van der Waals surface area contributed by atoms with Crippen molar-refractivity contribution in [3.8, 4) is 5.88 Å². The minimum absolute atomic E-state index is 0.0305. The number of rotatable bonds is 4. The van der Waals surface area contributed by atoms with Crippen LogP contribution in [0.3, 0.4) is 0 Å². The van der Waals surface area contributed by atoms with Crippen LogP contribution >= 0.6 is 11.6 Å². The molecule has 2 rings (SSSR count). The van der Waals surface area contributed by atoms with Crippen LogP contribution in [0, 0.1) is 0 Å². The van der Waals surface area contributed by atoms with Crippen LogP contribution in [-0.2, 0) is 4.79 Å². The Morgan fingerprint density at radius 2 is 1.84 bits per heavy atom. The fourth-order valence-corrected chi connectivity index (χ4v) is 2.58. The molecule has 2 heterocycles. The van der Waals surface area contributed by atoms with Gasteiger partial charge in [0.25, 0.3) is 5.91 Å². The second-order valence-electron chi connectivity index (χ2n) is 5.44. The summed E-state index contributed by atoms with van der Waals surface area (Å²) >= 11 is 5.85. The van der Waals surface area contributed by atoms with E-state index in [9.17, 15) is 22.8 Å². The molecule has 1 saturated heterocycles. The Balaban J connectivity index is 1.99. The highest BCUT2D eigenvalue weighted by Gasteiger charge is 2.29. The number of pyridine rings is 1. The third-order valence-corrected chi connectivity index (χ3v) is 3.92. The zero-order chi connectivity index (χ0) is 18.6. The van der Waals surface area contributed by atoms with Gasteiger partial charge in [0.05, 0.1) is 5.56 Å². The average Bonchev–Trinajstić information content (AvgIpc) is 2.58. The van der Waals surface area contributed by atoms with Crippen molar-refractivity contribution in [2.45, 2.75) is 19.5 Å². The molecular weight excluding hydrogens is 363 g/mol. The van der Waals surface area contributed by atoms with Crippen molar-refractivity contribution >= 4 is 23.4 Å². The van der Waals surface area contributed by atoms with Crippen LogP contribution in [0.15, 0.2) is 12.3 Å². The van der Waals surface area contributed by atoms with E-state index >= 15 is 0 Å². The lowest BCUT2D eigenvalue weighted by Crippen LogP contribution is -2.50. The minimum atomic E-state index is -4.50. The number of alkyl halides is 3. The number of halogens is 4. The van der Waals surface area contributed by atoms with E-state index in [4.69, 9.17) is 11.6 Å². The number of nitrogens with zero attached hydrogens (tertiary/aromatic N) is 3. The maximum absolute atomic E-state index is 12.4. The number of hydrogen-bond donors (Lipinski definition) is 0.